The zero-order valence-corrected chi connectivity index (χ0v) is 16.0. The maximum Gasteiger partial charge on any atom is 0.230 e. The van der Waals surface area contributed by atoms with Crippen LogP contribution >= 0.6 is 11.8 Å². The number of nitrogens with one attached hydrogen (secondary N) is 1. The van der Waals surface area contributed by atoms with Gasteiger partial charge in [0.05, 0.1) is 17.6 Å². The van der Waals surface area contributed by atoms with E-state index < -0.39 is 0 Å². The molecule has 6 heteroatoms. The van der Waals surface area contributed by atoms with Crippen LogP contribution in [0.15, 0.2) is 72.0 Å². The SMILES string of the molecule is C[C@H](CCc1ccccc1)NC(=O)CSc1nncc(-c2ccccc2)n1. The number of aromatic nitrogens is 3. The normalized spacial score (nSPS) is 11.7. The van der Waals surface area contributed by atoms with Crippen molar-refractivity contribution >= 4 is 17.7 Å². The lowest BCUT2D eigenvalue weighted by Crippen LogP contribution is -2.34. The van der Waals surface area contributed by atoms with Crippen LogP contribution in [0.5, 0.6) is 0 Å². The van der Waals surface area contributed by atoms with Crippen molar-refractivity contribution in [3.05, 3.63) is 72.4 Å². The van der Waals surface area contributed by atoms with Crippen LogP contribution in [0.2, 0.25) is 0 Å². The molecule has 3 aromatic rings. The predicted octanol–water partition coefficient (Wildman–Crippen LogP) is 3.77. The van der Waals surface area contributed by atoms with Gasteiger partial charge in [0.2, 0.25) is 11.1 Å². The number of carbonyl (C=O) groups excluding carboxylic acids is 1. The number of rotatable bonds is 8. The van der Waals surface area contributed by atoms with Gasteiger partial charge in [0.1, 0.15) is 0 Å². The molecule has 1 N–H and O–H groups in total. The Bertz CT molecular complexity index is 858. The van der Waals surface area contributed by atoms with E-state index in [0.29, 0.717) is 5.16 Å². The molecule has 27 heavy (non-hydrogen) atoms. The number of aryl methyl sites for hydroxylation is 1. The van der Waals surface area contributed by atoms with E-state index in [9.17, 15) is 4.79 Å². The van der Waals surface area contributed by atoms with Crippen molar-refractivity contribution < 1.29 is 4.79 Å². The Morgan fingerprint density at radius 3 is 2.52 bits per heavy atom. The fourth-order valence-electron chi connectivity index (χ4n) is 2.64. The van der Waals surface area contributed by atoms with E-state index in [2.05, 4.69) is 32.6 Å². The molecule has 1 atom stereocenters. The van der Waals surface area contributed by atoms with Crippen LogP contribution in [0, 0.1) is 0 Å². The van der Waals surface area contributed by atoms with Gasteiger partial charge in [-0.05, 0) is 25.3 Å². The summed E-state index contributed by atoms with van der Waals surface area (Å²) in [6.07, 6.45) is 3.48. The first-order valence-corrected chi connectivity index (χ1v) is 9.90. The molecule has 0 radical (unpaired) electrons. The summed E-state index contributed by atoms with van der Waals surface area (Å²) in [5.41, 5.74) is 3.02. The third-order valence-corrected chi connectivity index (χ3v) is 4.90. The van der Waals surface area contributed by atoms with Gasteiger partial charge in [-0.2, -0.15) is 5.10 Å². The Labute approximate surface area is 163 Å². The van der Waals surface area contributed by atoms with Crippen molar-refractivity contribution in [2.75, 3.05) is 5.75 Å². The molecule has 0 unspecified atom stereocenters. The van der Waals surface area contributed by atoms with Crippen molar-refractivity contribution in [3.63, 3.8) is 0 Å². The summed E-state index contributed by atoms with van der Waals surface area (Å²) >= 11 is 1.30. The molecule has 1 heterocycles. The quantitative estimate of drug-likeness (QED) is 0.605. The molecule has 1 amide bonds. The Balaban J connectivity index is 1.46. The highest BCUT2D eigenvalue weighted by molar-refractivity contribution is 7.99. The lowest BCUT2D eigenvalue weighted by Gasteiger charge is -2.13. The van der Waals surface area contributed by atoms with Gasteiger partial charge >= 0.3 is 0 Å². The molecule has 2 aromatic carbocycles. The molecule has 0 aliphatic heterocycles. The minimum Gasteiger partial charge on any atom is -0.353 e. The van der Waals surface area contributed by atoms with Crippen LogP contribution in [0.3, 0.4) is 0 Å². The molecule has 3 rings (SSSR count). The van der Waals surface area contributed by atoms with Gasteiger partial charge in [-0.1, -0.05) is 72.4 Å². The fourth-order valence-corrected chi connectivity index (χ4v) is 3.25. The topological polar surface area (TPSA) is 67.8 Å². The number of nitrogens with zero attached hydrogens (tertiary/aromatic N) is 3. The largest absolute Gasteiger partial charge is 0.353 e. The number of hydrogen-bond acceptors (Lipinski definition) is 5. The summed E-state index contributed by atoms with van der Waals surface area (Å²) in [6.45, 7) is 2.03. The number of thioether (sulfide) groups is 1. The van der Waals surface area contributed by atoms with Gasteiger partial charge in [0.15, 0.2) is 0 Å². The second-order valence-electron chi connectivity index (χ2n) is 6.27. The first-order chi connectivity index (χ1) is 13.2. The van der Waals surface area contributed by atoms with Crippen molar-refractivity contribution in [2.24, 2.45) is 0 Å². The van der Waals surface area contributed by atoms with Gasteiger partial charge in [0, 0.05) is 11.6 Å². The van der Waals surface area contributed by atoms with Gasteiger partial charge < -0.3 is 5.32 Å². The standard InChI is InChI=1S/C21H22N4OS/c1-16(12-13-17-8-4-2-5-9-17)23-20(26)15-27-21-24-19(14-22-25-21)18-10-6-3-7-11-18/h2-11,14,16H,12-13,15H2,1H3,(H,23,26)/t16-/m1/s1. The van der Waals surface area contributed by atoms with E-state index in [1.54, 1.807) is 6.20 Å². The van der Waals surface area contributed by atoms with E-state index in [-0.39, 0.29) is 17.7 Å². The van der Waals surface area contributed by atoms with E-state index in [0.717, 1.165) is 24.1 Å². The molecular formula is C21H22N4OS. The molecule has 0 bridgehead atoms. The number of benzene rings is 2. The molecular weight excluding hydrogens is 356 g/mol. The Hall–Kier alpha value is -2.73. The van der Waals surface area contributed by atoms with Crippen LogP contribution in [0.1, 0.15) is 18.9 Å². The van der Waals surface area contributed by atoms with Crippen LogP contribution in [-0.4, -0.2) is 32.9 Å². The first kappa shape index (κ1) is 19.0. The molecule has 0 aliphatic carbocycles. The number of hydrogen-bond donors (Lipinski definition) is 1. The van der Waals surface area contributed by atoms with E-state index in [4.69, 9.17) is 0 Å². The third-order valence-electron chi connectivity index (χ3n) is 4.06. The lowest BCUT2D eigenvalue weighted by molar-refractivity contribution is -0.119. The number of carbonyl (C=O) groups is 1. The van der Waals surface area contributed by atoms with E-state index in [1.165, 1.54) is 17.3 Å². The second-order valence-corrected chi connectivity index (χ2v) is 7.21. The first-order valence-electron chi connectivity index (χ1n) is 8.92. The molecule has 138 valence electrons. The number of amides is 1. The molecule has 5 nitrogen and oxygen atoms in total. The molecule has 0 aliphatic rings. The highest BCUT2D eigenvalue weighted by atomic mass is 32.2. The Kier molecular flexibility index (Phi) is 6.93. The predicted molar refractivity (Wildman–Crippen MR) is 108 cm³/mol. The third kappa shape index (κ3) is 6.18. The van der Waals surface area contributed by atoms with Crippen molar-refractivity contribution in [1.29, 1.82) is 0 Å². The summed E-state index contributed by atoms with van der Waals surface area (Å²) < 4.78 is 0. The summed E-state index contributed by atoms with van der Waals surface area (Å²) in [7, 11) is 0. The van der Waals surface area contributed by atoms with E-state index in [1.807, 2.05) is 55.5 Å². The highest BCUT2D eigenvalue weighted by Gasteiger charge is 2.10. The van der Waals surface area contributed by atoms with Gasteiger partial charge in [-0.15, -0.1) is 5.10 Å². The maximum atomic E-state index is 12.2. The van der Waals surface area contributed by atoms with Crippen LogP contribution in [-0.2, 0) is 11.2 Å². The average molecular weight is 379 g/mol. The van der Waals surface area contributed by atoms with Crippen molar-refractivity contribution in [3.8, 4) is 11.3 Å². The molecule has 0 spiro atoms. The maximum absolute atomic E-state index is 12.2. The van der Waals surface area contributed by atoms with Crippen molar-refractivity contribution in [1.82, 2.24) is 20.5 Å². The van der Waals surface area contributed by atoms with Crippen LogP contribution in [0.25, 0.3) is 11.3 Å². The molecule has 1 aromatic heterocycles. The molecule has 0 saturated carbocycles. The van der Waals surface area contributed by atoms with Crippen molar-refractivity contribution in [2.45, 2.75) is 31.0 Å². The Morgan fingerprint density at radius 1 is 1.07 bits per heavy atom. The summed E-state index contributed by atoms with van der Waals surface area (Å²) in [5, 5.41) is 11.5. The molecule has 0 fully saturated rings. The van der Waals surface area contributed by atoms with Gasteiger partial charge in [-0.3, -0.25) is 4.79 Å². The minimum atomic E-state index is -0.0192. The second kappa shape index (κ2) is 9.83. The van der Waals surface area contributed by atoms with Crippen LogP contribution in [0.4, 0.5) is 0 Å². The molecule has 0 saturated heterocycles. The smallest absolute Gasteiger partial charge is 0.230 e. The average Bonchev–Trinajstić information content (AvgIpc) is 2.72. The fraction of sp³-hybridized carbons (Fsp3) is 0.238. The van der Waals surface area contributed by atoms with Crippen LogP contribution < -0.4 is 5.32 Å². The summed E-state index contributed by atoms with van der Waals surface area (Å²) in [4.78, 5) is 16.7. The summed E-state index contributed by atoms with van der Waals surface area (Å²) in [6, 6.07) is 20.2. The van der Waals surface area contributed by atoms with Gasteiger partial charge in [0.25, 0.3) is 0 Å². The lowest BCUT2D eigenvalue weighted by atomic mass is 10.1. The zero-order valence-electron chi connectivity index (χ0n) is 15.2. The van der Waals surface area contributed by atoms with E-state index >= 15 is 0 Å². The zero-order chi connectivity index (χ0) is 18.9. The van der Waals surface area contributed by atoms with Gasteiger partial charge in [-0.25, -0.2) is 4.98 Å². The monoisotopic (exact) mass is 378 g/mol. The Morgan fingerprint density at radius 2 is 1.78 bits per heavy atom. The summed E-state index contributed by atoms with van der Waals surface area (Å²) in [5.74, 6) is 0.254. The highest BCUT2D eigenvalue weighted by Crippen LogP contribution is 2.18. The minimum absolute atomic E-state index is 0.0192.